The van der Waals surface area contributed by atoms with Crippen molar-refractivity contribution >= 4 is 11.5 Å². The summed E-state index contributed by atoms with van der Waals surface area (Å²) in [6.07, 6.45) is 0.668. The van der Waals surface area contributed by atoms with Crippen LogP contribution in [0.2, 0.25) is 0 Å². The first-order chi connectivity index (χ1) is 8.43. The third-order valence-corrected chi connectivity index (χ3v) is 3.30. The van der Waals surface area contributed by atoms with E-state index in [0.29, 0.717) is 30.6 Å². The van der Waals surface area contributed by atoms with Gasteiger partial charge in [-0.25, -0.2) is 0 Å². The maximum atomic E-state index is 11.6. The highest BCUT2D eigenvalue weighted by atomic mass is 16.3. The van der Waals surface area contributed by atoms with Crippen molar-refractivity contribution in [1.82, 2.24) is 0 Å². The summed E-state index contributed by atoms with van der Waals surface area (Å²) in [4.78, 5) is 13.6. The molecule has 1 fully saturated rings. The van der Waals surface area contributed by atoms with Crippen LogP contribution in [-0.4, -0.2) is 29.6 Å². The Labute approximate surface area is 106 Å². The van der Waals surface area contributed by atoms with E-state index in [1.807, 2.05) is 4.90 Å². The number of benzene rings is 1. The monoisotopic (exact) mass is 244 g/mol. The molecular formula is C14H16N2O2. The first-order valence-corrected chi connectivity index (χ1v) is 5.95. The normalized spacial score (nSPS) is 22.9. The molecule has 1 aliphatic rings. The molecular weight excluding hydrogens is 228 g/mol. The van der Waals surface area contributed by atoms with E-state index in [0.717, 1.165) is 5.69 Å². The number of anilines is 1. The van der Waals surface area contributed by atoms with Crippen LogP contribution in [-0.2, 0) is 0 Å². The second-order valence-electron chi connectivity index (χ2n) is 5.07. The fourth-order valence-electron chi connectivity index (χ4n) is 2.31. The molecule has 0 saturated carbocycles. The summed E-state index contributed by atoms with van der Waals surface area (Å²) < 4.78 is 0. The largest absolute Gasteiger partial charge is 0.388 e. The maximum Gasteiger partial charge on any atom is 0.161 e. The maximum absolute atomic E-state index is 11.6. The Hall–Kier alpha value is -1.86. The zero-order chi connectivity index (χ0) is 13.3. The lowest BCUT2D eigenvalue weighted by molar-refractivity contribution is 0.0838. The topological polar surface area (TPSA) is 64.3 Å². The van der Waals surface area contributed by atoms with Gasteiger partial charge in [0.05, 0.1) is 17.2 Å². The van der Waals surface area contributed by atoms with E-state index >= 15 is 0 Å². The molecule has 0 spiro atoms. The highest BCUT2D eigenvalue weighted by molar-refractivity contribution is 6.00. The Morgan fingerprint density at radius 3 is 2.78 bits per heavy atom. The van der Waals surface area contributed by atoms with Crippen LogP contribution >= 0.6 is 0 Å². The molecule has 1 aromatic carbocycles. The number of hydrogen-bond acceptors (Lipinski definition) is 4. The fourth-order valence-corrected chi connectivity index (χ4v) is 2.31. The van der Waals surface area contributed by atoms with Crippen molar-refractivity contribution in [2.45, 2.75) is 25.9 Å². The van der Waals surface area contributed by atoms with E-state index in [4.69, 9.17) is 5.26 Å². The number of aliphatic hydroxyl groups is 1. The Morgan fingerprint density at radius 2 is 2.28 bits per heavy atom. The highest BCUT2D eigenvalue weighted by Gasteiger charge is 2.32. The molecule has 1 aliphatic heterocycles. The van der Waals surface area contributed by atoms with E-state index in [1.165, 1.54) is 6.92 Å². The van der Waals surface area contributed by atoms with Crippen LogP contribution in [0.5, 0.6) is 0 Å². The predicted molar refractivity (Wildman–Crippen MR) is 68.6 cm³/mol. The molecule has 1 unspecified atom stereocenters. The molecule has 1 saturated heterocycles. The van der Waals surface area contributed by atoms with E-state index in [2.05, 4.69) is 6.07 Å². The second kappa shape index (κ2) is 4.43. The molecule has 0 radical (unpaired) electrons. The van der Waals surface area contributed by atoms with Gasteiger partial charge in [-0.2, -0.15) is 5.26 Å². The molecule has 1 atom stereocenters. The van der Waals surface area contributed by atoms with Gasteiger partial charge in [0.1, 0.15) is 0 Å². The van der Waals surface area contributed by atoms with E-state index in [1.54, 1.807) is 25.1 Å². The molecule has 2 rings (SSSR count). The number of ketones is 1. The number of rotatable bonds is 2. The van der Waals surface area contributed by atoms with Gasteiger partial charge in [-0.1, -0.05) is 0 Å². The summed E-state index contributed by atoms with van der Waals surface area (Å²) in [5.74, 6) is -0.0268. The van der Waals surface area contributed by atoms with E-state index in [9.17, 15) is 9.90 Å². The van der Waals surface area contributed by atoms with Crippen molar-refractivity contribution in [2.75, 3.05) is 18.0 Å². The molecule has 0 amide bonds. The molecule has 1 N–H and O–H groups in total. The Bertz CT molecular complexity index is 529. The van der Waals surface area contributed by atoms with E-state index in [-0.39, 0.29) is 5.78 Å². The summed E-state index contributed by atoms with van der Waals surface area (Å²) in [6, 6.07) is 7.13. The lowest BCUT2D eigenvalue weighted by Gasteiger charge is -2.23. The predicted octanol–water partition coefficient (Wildman–Crippen LogP) is 1.72. The first-order valence-electron chi connectivity index (χ1n) is 5.95. The van der Waals surface area contributed by atoms with Crippen molar-refractivity contribution in [3.05, 3.63) is 29.3 Å². The SMILES string of the molecule is CC(=O)c1ccc(C#N)cc1N1CCC(C)(O)C1. The molecule has 94 valence electrons. The zero-order valence-electron chi connectivity index (χ0n) is 10.6. The lowest BCUT2D eigenvalue weighted by atomic mass is 10.1. The molecule has 4 nitrogen and oxygen atoms in total. The van der Waals surface area contributed by atoms with Crippen molar-refractivity contribution in [3.8, 4) is 6.07 Å². The quantitative estimate of drug-likeness (QED) is 0.804. The number of nitrogens with zero attached hydrogens (tertiary/aromatic N) is 2. The summed E-state index contributed by atoms with van der Waals surface area (Å²) in [7, 11) is 0. The number of hydrogen-bond donors (Lipinski definition) is 1. The van der Waals surface area contributed by atoms with Crippen LogP contribution in [0.3, 0.4) is 0 Å². The highest BCUT2D eigenvalue weighted by Crippen LogP contribution is 2.30. The number of Topliss-reactive ketones (excluding diaryl/α,β-unsaturated/α-hetero) is 1. The molecule has 18 heavy (non-hydrogen) atoms. The van der Waals surface area contributed by atoms with Gasteiger partial charge in [0, 0.05) is 24.3 Å². The Morgan fingerprint density at radius 1 is 1.56 bits per heavy atom. The summed E-state index contributed by atoms with van der Waals surface area (Å²) in [6.45, 7) is 4.48. The van der Waals surface area contributed by atoms with Crippen LogP contribution in [0.1, 0.15) is 36.2 Å². The minimum atomic E-state index is -0.725. The summed E-state index contributed by atoms with van der Waals surface area (Å²) in [5, 5.41) is 18.9. The molecule has 0 aliphatic carbocycles. The fraction of sp³-hybridized carbons (Fsp3) is 0.429. The number of carbonyl (C=O) groups excluding carboxylic acids is 1. The van der Waals surface area contributed by atoms with Gasteiger partial charge < -0.3 is 10.0 Å². The zero-order valence-corrected chi connectivity index (χ0v) is 10.6. The van der Waals surface area contributed by atoms with Gasteiger partial charge in [-0.05, 0) is 38.5 Å². The number of nitriles is 1. The third kappa shape index (κ3) is 2.36. The molecule has 1 aromatic rings. The van der Waals surface area contributed by atoms with Crippen LogP contribution in [0, 0.1) is 11.3 Å². The molecule has 4 heteroatoms. The van der Waals surface area contributed by atoms with Gasteiger partial charge in [-0.3, -0.25) is 4.79 Å². The van der Waals surface area contributed by atoms with Crippen LogP contribution in [0.4, 0.5) is 5.69 Å². The van der Waals surface area contributed by atoms with Crippen molar-refractivity contribution in [3.63, 3.8) is 0 Å². The van der Waals surface area contributed by atoms with Crippen molar-refractivity contribution < 1.29 is 9.90 Å². The minimum absolute atomic E-state index is 0.0268. The van der Waals surface area contributed by atoms with Crippen LogP contribution in [0.25, 0.3) is 0 Å². The van der Waals surface area contributed by atoms with Gasteiger partial charge in [0.25, 0.3) is 0 Å². The average Bonchev–Trinajstić information content (AvgIpc) is 2.68. The Balaban J connectivity index is 2.42. The van der Waals surface area contributed by atoms with Crippen LogP contribution in [0.15, 0.2) is 18.2 Å². The smallest absolute Gasteiger partial charge is 0.161 e. The summed E-state index contributed by atoms with van der Waals surface area (Å²) in [5.41, 5.74) is 1.16. The summed E-state index contributed by atoms with van der Waals surface area (Å²) >= 11 is 0. The number of β-amino-alcohol motifs (C(OH)–C–C–N with tert-alkyl or cyclic N) is 1. The van der Waals surface area contributed by atoms with Gasteiger partial charge in [-0.15, -0.1) is 0 Å². The van der Waals surface area contributed by atoms with Gasteiger partial charge in [0.2, 0.25) is 0 Å². The first kappa shape index (κ1) is 12.6. The third-order valence-electron chi connectivity index (χ3n) is 3.30. The van der Waals surface area contributed by atoms with Crippen LogP contribution < -0.4 is 4.90 Å². The number of carbonyl (C=O) groups is 1. The standard InChI is InChI=1S/C14H16N2O2/c1-10(17)12-4-3-11(8-15)7-13(12)16-6-5-14(2,18)9-16/h3-4,7,18H,5-6,9H2,1-2H3. The van der Waals surface area contributed by atoms with Gasteiger partial charge >= 0.3 is 0 Å². The average molecular weight is 244 g/mol. The van der Waals surface area contributed by atoms with Crippen molar-refractivity contribution in [1.29, 1.82) is 5.26 Å². The molecule has 0 aromatic heterocycles. The molecule has 0 bridgehead atoms. The molecule has 1 heterocycles. The Kier molecular flexibility index (Phi) is 3.10. The second-order valence-corrected chi connectivity index (χ2v) is 5.07. The van der Waals surface area contributed by atoms with Crippen molar-refractivity contribution in [2.24, 2.45) is 0 Å². The van der Waals surface area contributed by atoms with Gasteiger partial charge in [0.15, 0.2) is 5.78 Å². The van der Waals surface area contributed by atoms with E-state index < -0.39 is 5.60 Å². The minimum Gasteiger partial charge on any atom is -0.388 e. The lowest BCUT2D eigenvalue weighted by Crippen LogP contribution is -2.30.